The Morgan fingerprint density at radius 2 is 2.19 bits per heavy atom. The topological polar surface area (TPSA) is 57.8 Å². The van der Waals surface area contributed by atoms with E-state index in [-0.39, 0.29) is 11.6 Å². The molecule has 21 heavy (non-hydrogen) atoms. The fourth-order valence-electron chi connectivity index (χ4n) is 1.91. The number of nitrogens with one attached hydrogen (secondary N) is 2. The quantitative estimate of drug-likeness (QED) is 0.909. The van der Waals surface area contributed by atoms with Crippen molar-refractivity contribution in [3.8, 4) is 0 Å². The first kappa shape index (κ1) is 15.1. The summed E-state index contributed by atoms with van der Waals surface area (Å²) in [7, 11) is 0. The van der Waals surface area contributed by atoms with Crippen LogP contribution in [0.5, 0.6) is 0 Å². The number of aromatic amines is 1. The molecule has 0 fully saturated rings. The van der Waals surface area contributed by atoms with Crippen molar-refractivity contribution in [3.63, 3.8) is 0 Å². The normalized spacial score (nSPS) is 13.0. The standard InChI is InChI=1S/C14H14F3N3O/c1-2-11(12-18-6-7-19-12)20-13(21)9-4-3-5-10(8-9)14(15,16)17/h3-8,11H,2H2,1H3,(H,18,19)(H,20,21). The Labute approximate surface area is 119 Å². The van der Waals surface area contributed by atoms with E-state index in [2.05, 4.69) is 15.3 Å². The second-order valence-electron chi connectivity index (χ2n) is 4.49. The lowest BCUT2D eigenvalue weighted by Crippen LogP contribution is -2.29. The number of benzene rings is 1. The number of halogens is 3. The Bertz CT molecular complexity index is 608. The molecule has 0 saturated carbocycles. The molecule has 2 N–H and O–H groups in total. The van der Waals surface area contributed by atoms with E-state index < -0.39 is 17.6 Å². The summed E-state index contributed by atoms with van der Waals surface area (Å²) in [6, 6.07) is 3.96. The second kappa shape index (κ2) is 5.99. The summed E-state index contributed by atoms with van der Waals surface area (Å²) in [5.41, 5.74) is -0.879. The van der Waals surface area contributed by atoms with Gasteiger partial charge in [0.15, 0.2) is 0 Å². The van der Waals surface area contributed by atoms with Crippen molar-refractivity contribution < 1.29 is 18.0 Å². The van der Waals surface area contributed by atoms with Gasteiger partial charge in [0.2, 0.25) is 0 Å². The molecule has 0 spiro atoms. The predicted octanol–water partition coefficient (Wildman–Crippen LogP) is 3.31. The van der Waals surface area contributed by atoms with Crippen LogP contribution in [0, 0.1) is 0 Å². The highest BCUT2D eigenvalue weighted by molar-refractivity contribution is 5.94. The summed E-state index contributed by atoms with van der Waals surface area (Å²) >= 11 is 0. The Hall–Kier alpha value is -2.31. The van der Waals surface area contributed by atoms with Gasteiger partial charge in [-0.1, -0.05) is 13.0 Å². The molecule has 0 saturated heterocycles. The van der Waals surface area contributed by atoms with Gasteiger partial charge in [0.1, 0.15) is 5.82 Å². The van der Waals surface area contributed by atoms with Gasteiger partial charge < -0.3 is 10.3 Å². The van der Waals surface area contributed by atoms with Crippen LogP contribution in [0.4, 0.5) is 13.2 Å². The highest BCUT2D eigenvalue weighted by Gasteiger charge is 2.31. The lowest BCUT2D eigenvalue weighted by molar-refractivity contribution is -0.137. The zero-order chi connectivity index (χ0) is 15.5. The predicted molar refractivity (Wildman–Crippen MR) is 70.5 cm³/mol. The Morgan fingerprint density at radius 1 is 1.43 bits per heavy atom. The van der Waals surface area contributed by atoms with Gasteiger partial charge in [0, 0.05) is 18.0 Å². The average Bonchev–Trinajstić information content (AvgIpc) is 2.97. The Morgan fingerprint density at radius 3 is 2.76 bits per heavy atom. The van der Waals surface area contributed by atoms with Crippen molar-refractivity contribution in [1.29, 1.82) is 0 Å². The third-order valence-electron chi connectivity index (χ3n) is 3.02. The minimum Gasteiger partial charge on any atom is -0.347 e. The fraction of sp³-hybridized carbons (Fsp3) is 0.286. The maximum Gasteiger partial charge on any atom is 0.416 e. The molecule has 1 aromatic heterocycles. The number of amides is 1. The lowest BCUT2D eigenvalue weighted by atomic mass is 10.1. The van der Waals surface area contributed by atoms with Gasteiger partial charge >= 0.3 is 6.18 Å². The summed E-state index contributed by atoms with van der Waals surface area (Å²) in [5, 5.41) is 2.66. The zero-order valence-electron chi connectivity index (χ0n) is 11.2. The smallest absolute Gasteiger partial charge is 0.347 e. The van der Waals surface area contributed by atoms with Crippen molar-refractivity contribution in [1.82, 2.24) is 15.3 Å². The van der Waals surface area contributed by atoms with Gasteiger partial charge in [0.25, 0.3) is 5.91 Å². The van der Waals surface area contributed by atoms with Crippen LogP contribution in [-0.2, 0) is 6.18 Å². The summed E-state index contributed by atoms with van der Waals surface area (Å²) in [6.45, 7) is 1.85. The highest BCUT2D eigenvalue weighted by atomic mass is 19.4. The van der Waals surface area contributed by atoms with E-state index in [1.807, 2.05) is 6.92 Å². The first-order chi connectivity index (χ1) is 9.91. The average molecular weight is 297 g/mol. The number of hydrogen-bond donors (Lipinski definition) is 2. The van der Waals surface area contributed by atoms with E-state index in [0.29, 0.717) is 12.2 Å². The van der Waals surface area contributed by atoms with Gasteiger partial charge in [-0.05, 0) is 24.6 Å². The molecular formula is C14H14F3N3O. The summed E-state index contributed by atoms with van der Waals surface area (Å²) < 4.78 is 37.9. The van der Waals surface area contributed by atoms with Gasteiger partial charge in [-0.3, -0.25) is 4.79 Å². The zero-order valence-corrected chi connectivity index (χ0v) is 11.2. The number of carbonyl (C=O) groups excluding carboxylic acids is 1. The molecule has 0 bridgehead atoms. The molecule has 1 heterocycles. The van der Waals surface area contributed by atoms with Crippen molar-refractivity contribution in [3.05, 3.63) is 53.6 Å². The van der Waals surface area contributed by atoms with Crippen LogP contribution in [0.3, 0.4) is 0 Å². The molecule has 2 aromatic rings. The van der Waals surface area contributed by atoms with E-state index in [4.69, 9.17) is 0 Å². The monoisotopic (exact) mass is 297 g/mol. The van der Waals surface area contributed by atoms with E-state index in [0.717, 1.165) is 12.1 Å². The number of hydrogen-bond acceptors (Lipinski definition) is 2. The summed E-state index contributed by atoms with van der Waals surface area (Å²) in [4.78, 5) is 19.0. The van der Waals surface area contributed by atoms with Gasteiger partial charge in [-0.15, -0.1) is 0 Å². The van der Waals surface area contributed by atoms with E-state index in [1.165, 1.54) is 12.1 Å². The molecule has 0 aliphatic carbocycles. The van der Waals surface area contributed by atoms with Gasteiger partial charge in [-0.2, -0.15) is 13.2 Å². The van der Waals surface area contributed by atoms with E-state index >= 15 is 0 Å². The van der Waals surface area contributed by atoms with Crippen molar-refractivity contribution >= 4 is 5.91 Å². The van der Waals surface area contributed by atoms with Crippen LogP contribution >= 0.6 is 0 Å². The molecule has 1 aromatic carbocycles. The van der Waals surface area contributed by atoms with Crippen LogP contribution in [0.2, 0.25) is 0 Å². The molecule has 1 atom stereocenters. The first-order valence-corrected chi connectivity index (χ1v) is 6.39. The molecular weight excluding hydrogens is 283 g/mol. The Balaban J connectivity index is 2.17. The van der Waals surface area contributed by atoms with Crippen LogP contribution < -0.4 is 5.32 Å². The minimum atomic E-state index is -4.47. The maximum atomic E-state index is 12.6. The van der Waals surface area contributed by atoms with Crippen LogP contribution in [0.15, 0.2) is 36.7 Å². The molecule has 4 nitrogen and oxygen atoms in total. The molecule has 0 aliphatic heterocycles. The molecule has 0 aliphatic rings. The number of nitrogens with zero attached hydrogens (tertiary/aromatic N) is 1. The van der Waals surface area contributed by atoms with Crippen LogP contribution in [0.25, 0.3) is 0 Å². The Kier molecular flexibility index (Phi) is 4.30. The first-order valence-electron chi connectivity index (χ1n) is 6.39. The largest absolute Gasteiger partial charge is 0.416 e. The second-order valence-corrected chi connectivity index (χ2v) is 4.49. The van der Waals surface area contributed by atoms with Crippen LogP contribution in [0.1, 0.15) is 41.1 Å². The van der Waals surface area contributed by atoms with Crippen molar-refractivity contribution in [2.45, 2.75) is 25.6 Å². The van der Waals surface area contributed by atoms with E-state index in [1.54, 1.807) is 12.4 Å². The number of carbonyl (C=O) groups is 1. The van der Waals surface area contributed by atoms with Crippen LogP contribution in [-0.4, -0.2) is 15.9 Å². The summed E-state index contributed by atoms with van der Waals surface area (Å²) in [5.74, 6) is 0.00201. The molecule has 1 amide bonds. The summed E-state index contributed by atoms with van der Waals surface area (Å²) in [6.07, 6.45) is -0.734. The third kappa shape index (κ3) is 3.62. The number of aromatic nitrogens is 2. The van der Waals surface area contributed by atoms with Crippen molar-refractivity contribution in [2.24, 2.45) is 0 Å². The van der Waals surface area contributed by atoms with E-state index in [9.17, 15) is 18.0 Å². The molecule has 0 radical (unpaired) electrons. The minimum absolute atomic E-state index is 0.0326. The molecule has 112 valence electrons. The number of rotatable bonds is 4. The van der Waals surface area contributed by atoms with Gasteiger partial charge in [-0.25, -0.2) is 4.98 Å². The lowest BCUT2D eigenvalue weighted by Gasteiger charge is -2.15. The maximum absolute atomic E-state index is 12.6. The van der Waals surface area contributed by atoms with Gasteiger partial charge in [0.05, 0.1) is 11.6 Å². The van der Waals surface area contributed by atoms with Crippen molar-refractivity contribution in [2.75, 3.05) is 0 Å². The number of H-pyrrole nitrogens is 1. The highest BCUT2D eigenvalue weighted by Crippen LogP contribution is 2.29. The fourth-order valence-corrected chi connectivity index (χ4v) is 1.91. The molecule has 1 unspecified atom stereocenters. The molecule has 2 rings (SSSR count). The third-order valence-corrected chi connectivity index (χ3v) is 3.02. The molecule has 7 heteroatoms. The SMILES string of the molecule is CCC(NC(=O)c1cccc(C(F)(F)F)c1)c1ncc[nH]1. The number of imidazole rings is 1. The number of alkyl halides is 3.